The molecule has 1 aromatic heterocycles. The van der Waals surface area contributed by atoms with Gasteiger partial charge in [-0.25, -0.2) is 0 Å². The first-order chi connectivity index (χ1) is 12.3. The van der Waals surface area contributed by atoms with Crippen LogP contribution in [-0.4, -0.2) is 21.9 Å². The van der Waals surface area contributed by atoms with E-state index in [1.165, 1.54) is 36.4 Å². The first-order valence-corrected chi connectivity index (χ1v) is 8.31. The average Bonchev–Trinajstić information content (AvgIpc) is 2.56. The third-order valence-corrected chi connectivity index (χ3v) is 3.99. The summed E-state index contributed by atoms with van der Waals surface area (Å²) in [5, 5.41) is 29.2. The minimum atomic E-state index is -0.326. The molecule has 3 rings (SSSR count). The highest BCUT2D eigenvalue weighted by Gasteiger charge is 2.15. The van der Waals surface area contributed by atoms with Crippen molar-refractivity contribution in [2.45, 2.75) is 20.3 Å². The number of fused-ring (bicyclic) bond motifs is 1. The lowest BCUT2D eigenvalue weighted by Crippen LogP contribution is -2.06. The van der Waals surface area contributed by atoms with E-state index in [1.807, 2.05) is 0 Å². The van der Waals surface area contributed by atoms with Crippen molar-refractivity contribution in [1.82, 2.24) is 0 Å². The molecular formula is C20H20O6. The molecule has 0 aliphatic carbocycles. The summed E-state index contributed by atoms with van der Waals surface area (Å²) in [4.78, 5) is 12.6. The van der Waals surface area contributed by atoms with Crippen LogP contribution in [0.4, 0.5) is 0 Å². The molecule has 0 unspecified atom stereocenters. The Morgan fingerprint density at radius 3 is 2.50 bits per heavy atom. The minimum Gasteiger partial charge on any atom is -0.508 e. The van der Waals surface area contributed by atoms with Crippen molar-refractivity contribution in [1.29, 1.82) is 0 Å². The Kier molecular flexibility index (Phi) is 4.75. The largest absolute Gasteiger partial charge is 0.508 e. The lowest BCUT2D eigenvalue weighted by atomic mass is 10.1. The number of rotatable bonds is 5. The molecule has 0 atom stereocenters. The number of benzene rings is 2. The quantitative estimate of drug-likeness (QED) is 0.598. The van der Waals surface area contributed by atoms with Gasteiger partial charge in [0.25, 0.3) is 0 Å². The van der Waals surface area contributed by atoms with E-state index in [0.29, 0.717) is 18.1 Å². The fraction of sp³-hybridized carbons (Fsp3) is 0.250. The molecule has 3 N–H and O–H groups in total. The number of ether oxygens (including phenoxy) is 1. The maximum absolute atomic E-state index is 12.6. The number of aromatic hydroxyl groups is 3. The van der Waals surface area contributed by atoms with Gasteiger partial charge in [0.1, 0.15) is 28.2 Å². The molecule has 136 valence electrons. The molecule has 0 radical (unpaired) electrons. The van der Waals surface area contributed by atoms with E-state index in [2.05, 4.69) is 13.8 Å². The highest BCUT2D eigenvalue weighted by atomic mass is 16.5. The fourth-order valence-electron chi connectivity index (χ4n) is 2.58. The molecule has 0 bridgehead atoms. The van der Waals surface area contributed by atoms with Crippen LogP contribution in [0.2, 0.25) is 0 Å². The van der Waals surface area contributed by atoms with E-state index in [1.54, 1.807) is 0 Å². The third kappa shape index (κ3) is 3.59. The fourth-order valence-corrected chi connectivity index (χ4v) is 2.58. The second kappa shape index (κ2) is 7.00. The molecule has 0 aliphatic heterocycles. The van der Waals surface area contributed by atoms with Gasteiger partial charge in [-0.2, -0.15) is 0 Å². The van der Waals surface area contributed by atoms with Crippen molar-refractivity contribution in [3.8, 4) is 34.3 Å². The lowest BCUT2D eigenvalue weighted by molar-refractivity contribution is 0.291. The Morgan fingerprint density at radius 1 is 1.04 bits per heavy atom. The van der Waals surface area contributed by atoms with Crippen LogP contribution in [-0.2, 0) is 0 Å². The summed E-state index contributed by atoms with van der Waals surface area (Å²) >= 11 is 0. The van der Waals surface area contributed by atoms with Gasteiger partial charge in [-0.3, -0.25) is 4.79 Å². The van der Waals surface area contributed by atoms with Gasteiger partial charge in [-0.05, 0) is 30.5 Å². The van der Waals surface area contributed by atoms with Gasteiger partial charge in [0.15, 0.2) is 16.9 Å². The summed E-state index contributed by atoms with van der Waals surface area (Å²) in [6.45, 7) is 4.55. The van der Waals surface area contributed by atoms with Crippen LogP contribution in [0, 0.1) is 5.92 Å². The van der Waals surface area contributed by atoms with Crippen LogP contribution in [0.15, 0.2) is 45.6 Å². The van der Waals surface area contributed by atoms with Crippen LogP contribution in [0.25, 0.3) is 22.3 Å². The van der Waals surface area contributed by atoms with Crippen LogP contribution in [0.1, 0.15) is 20.3 Å². The average molecular weight is 356 g/mol. The Bertz CT molecular complexity index is 1000. The zero-order valence-corrected chi connectivity index (χ0v) is 14.5. The van der Waals surface area contributed by atoms with Gasteiger partial charge >= 0.3 is 0 Å². The summed E-state index contributed by atoms with van der Waals surface area (Å²) < 4.78 is 11.4. The number of phenolic OH excluding ortho intramolecular Hbond substituents is 3. The monoisotopic (exact) mass is 356 g/mol. The van der Waals surface area contributed by atoms with E-state index in [-0.39, 0.29) is 45.2 Å². The topological polar surface area (TPSA) is 100 Å². The molecule has 0 spiro atoms. The predicted molar refractivity (Wildman–Crippen MR) is 97.9 cm³/mol. The molecule has 0 aliphatic rings. The molecule has 6 nitrogen and oxygen atoms in total. The molecule has 0 amide bonds. The molecule has 26 heavy (non-hydrogen) atoms. The summed E-state index contributed by atoms with van der Waals surface area (Å²) in [5.74, 6) is 0.259. The highest BCUT2D eigenvalue weighted by molar-refractivity contribution is 5.86. The molecule has 2 aromatic carbocycles. The second-order valence-electron chi connectivity index (χ2n) is 6.53. The Morgan fingerprint density at radius 2 is 1.81 bits per heavy atom. The lowest BCUT2D eigenvalue weighted by Gasteiger charge is -2.11. The first-order valence-electron chi connectivity index (χ1n) is 8.31. The normalized spacial score (nSPS) is 11.2. The van der Waals surface area contributed by atoms with E-state index >= 15 is 0 Å². The SMILES string of the molecule is CC(C)CCOc1cc(O)cc2oc(-c3ccc(O)c(O)c3)cc(=O)c12. The maximum atomic E-state index is 12.6. The van der Waals surface area contributed by atoms with E-state index in [4.69, 9.17) is 9.15 Å². The molecule has 0 saturated carbocycles. The Hall–Kier alpha value is -3.15. The van der Waals surface area contributed by atoms with Crippen LogP contribution in [0.5, 0.6) is 23.0 Å². The minimum absolute atomic E-state index is 0.0779. The third-order valence-electron chi connectivity index (χ3n) is 3.99. The molecule has 6 heteroatoms. The van der Waals surface area contributed by atoms with Gasteiger partial charge in [-0.1, -0.05) is 13.8 Å². The highest BCUT2D eigenvalue weighted by Crippen LogP contribution is 2.34. The van der Waals surface area contributed by atoms with Crippen molar-refractivity contribution in [3.63, 3.8) is 0 Å². The first kappa shape index (κ1) is 17.7. The maximum Gasteiger partial charge on any atom is 0.197 e. The number of phenols is 3. The molecule has 3 aromatic rings. The molecule has 0 saturated heterocycles. The number of hydrogen-bond donors (Lipinski definition) is 3. The van der Waals surface area contributed by atoms with E-state index in [0.717, 1.165) is 6.42 Å². The van der Waals surface area contributed by atoms with Crippen LogP contribution < -0.4 is 10.2 Å². The van der Waals surface area contributed by atoms with Crippen LogP contribution in [0.3, 0.4) is 0 Å². The van der Waals surface area contributed by atoms with Crippen molar-refractivity contribution in [2.75, 3.05) is 6.61 Å². The van der Waals surface area contributed by atoms with E-state index in [9.17, 15) is 20.1 Å². The van der Waals surface area contributed by atoms with Gasteiger partial charge in [-0.15, -0.1) is 0 Å². The van der Waals surface area contributed by atoms with Crippen molar-refractivity contribution in [2.24, 2.45) is 5.92 Å². The number of hydrogen-bond acceptors (Lipinski definition) is 6. The van der Waals surface area contributed by atoms with E-state index < -0.39 is 0 Å². The molecule has 1 heterocycles. The van der Waals surface area contributed by atoms with Crippen molar-refractivity contribution in [3.05, 3.63) is 46.6 Å². The van der Waals surface area contributed by atoms with Gasteiger partial charge < -0.3 is 24.5 Å². The van der Waals surface area contributed by atoms with Crippen LogP contribution >= 0.6 is 0 Å². The van der Waals surface area contributed by atoms with Gasteiger partial charge in [0, 0.05) is 23.8 Å². The summed E-state index contributed by atoms with van der Waals surface area (Å²) in [5.41, 5.74) is 0.276. The Balaban J connectivity index is 2.08. The predicted octanol–water partition coefficient (Wildman–Crippen LogP) is 4.00. The molecular weight excluding hydrogens is 336 g/mol. The smallest absolute Gasteiger partial charge is 0.197 e. The van der Waals surface area contributed by atoms with Crippen molar-refractivity contribution < 1.29 is 24.5 Å². The molecule has 0 fully saturated rings. The zero-order valence-electron chi connectivity index (χ0n) is 14.5. The summed E-state index contributed by atoms with van der Waals surface area (Å²) in [6.07, 6.45) is 0.813. The second-order valence-corrected chi connectivity index (χ2v) is 6.53. The Labute approximate surface area is 149 Å². The van der Waals surface area contributed by atoms with Gasteiger partial charge in [0.05, 0.1) is 6.61 Å². The summed E-state index contributed by atoms with van der Waals surface area (Å²) in [6, 6.07) is 8.14. The zero-order chi connectivity index (χ0) is 18.8. The standard InChI is InChI=1S/C20H20O6/c1-11(2)5-6-25-18-8-13(21)9-19-20(18)16(24)10-17(26-19)12-3-4-14(22)15(23)7-12/h3-4,7-11,21-23H,5-6H2,1-2H3. The van der Waals surface area contributed by atoms with Crippen molar-refractivity contribution >= 4 is 11.0 Å². The van der Waals surface area contributed by atoms with Gasteiger partial charge in [0.2, 0.25) is 0 Å². The summed E-state index contributed by atoms with van der Waals surface area (Å²) in [7, 11) is 0.